The summed E-state index contributed by atoms with van der Waals surface area (Å²) in [5, 5.41) is 17.0. The number of carboxylic acids is 1. The molecule has 2 saturated heterocycles. The van der Waals surface area contributed by atoms with Crippen LogP contribution in [-0.4, -0.2) is 58.2 Å². The smallest absolute Gasteiger partial charge is 0.328 e. The van der Waals surface area contributed by atoms with Gasteiger partial charge in [-0.1, -0.05) is 0 Å². The molecule has 2 fully saturated rings. The van der Waals surface area contributed by atoms with Crippen LogP contribution in [0.2, 0.25) is 0 Å². The Kier molecular flexibility index (Phi) is 2.09. The van der Waals surface area contributed by atoms with Crippen molar-refractivity contribution in [2.75, 3.05) is 6.61 Å². The monoisotopic (exact) mass is 249 g/mol. The minimum atomic E-state index is -3.83. The van der Waals surface area contributed by atoms with Crippen molar-refractivity contribution in [3.8, 4) is 0 Å². The number of fused-ring (bicyclic) bond motifs is 1. The lowest BCUT2D eigenvalue weighted by Crippen LogP contribution is -2.58. The summed E-state index contributed by atoms with van der Waals surface area (Å²) in [6.45, 7) is 0.347. The molecular weight excluding hydrogens is 238 g/mol. The average Bonchev–Trinajstić information content (AvgIpc) is 2.32. The van der Waals surface area contributed by atoms with Gasteiger partial charge in [0.2, 0.25) is 5.91 Å². The van der Waals surface area contributed by atoms with Crippen LogP contribution in [0.1, 0.15) is 13.3 Å². The van der Waals surface area contributed by atoms with Crippen LogP contribution in [0.15, 0.2) is 0 Å². The van der Waals surface area contributed by atoms with Crippen molar-refractivity contribution in [2.45, 2.75) is 29.5 Å². The third kappa shape index (κ3) is 0.983. The van der Waals surface area contributed by atoms with E-state index in [0.717, 1.165) is 11.8 Å². The maximum absolute atomic E-state index is 12.0. The minimum Gasteiger partial charge on any atom is -0.480 e. The topological polar surface area (TPSA) is 112 Å². The fourth-order valence-electron chi connectivity index (χ4n) is 2.29. The minimum absolute atomic E-state index is 0.193. The standard InChI is InChI=1S/C8H11NO6S/c1-8(3-10)6(7(12)13)9-4(11)2-5(9)16(8,14)15/h5-6,10H,2-3H2,1H3,(H,12,13)/t5-,6+,8+/m1/s1. The van der Waals surface area contributed by atoms with Crippen molar-refractivity contribution < 1.29 is 28.2 Å². The number of nitrogens with zero attached hydrogens (tertiary/aromatic N) is 1. The van der Waals surface area contributed by atoms with Gasteiger partial charge in [0, 0.05) is 0 Å². The molecule has 0 unspecified atom stereocenters. The van der Waals surface area contributed by atoms with Gasteiger partial charge < -0.3 is 15.1 Å². The van der Waals surface area contributed by atoms with E-state index in [-0.39, 0.29) is 6.42 Å². The first-order valence-corrected chi connectivity index (χ1v) is 6.20. The van der Waals surface area contributed by atoms with Crippen molar-refractivity contribution in [3.05, 3.63) is 0 Å². The molecule has 3 atom stereocenters. The summed E-state index contributed by atoms with van der Waals surface area (Å²) in [4.78, 5) is 23.1. The Morgan fingerprint density at radius 2 is 2.19 bits per heavy atom. The second kappa shape index (κ2) is 2.95. The molecule has 2 aliphatic heterocycles. The molecule has 0 bridgehead atoms. The van der Waals surface area contributed by atoms with E-state index in [9.17, 15) is 18.0 Å². The first kappa shape index (κ1) is 11.3. The van der Waals surface area contributed by atoms with Gasteiger partial charge in [-0.2, -0.15) is 0 Å². The number of sulfone groups is 1. The highest BCUT2D eigenvalue weighted by Crippen LogP contribution is 2.45. The molecule has 0 spiro atoms. The molecule has 0 aromatic rings. The Bertz CT molecular complexity index is 471. The molecular formula is C8H11NO6S. The summed E-state index contributed by atoms with van der Waals surface area (Å²) in [5.74, 6) is -1.91. The third-order valence-electron chi connectivity index (χ3n) is 3.36. The number of carbonyl (C=O) groups excluding carboxylic acids is 1. The second-order valence-corrected chi connectivity index (χ2v) is 6.78. The van der Waals surface area contributed by atoms with Gasteiger partial charge in [0.15, 0.2) is 15.9 Å². The van der Waals surface area contributed by atoms with Crippen LogP contribution in [0.3, 0.4) is 0 Å². The molecule has 8 heteroatoms. The number of aliphatic carboxylic acids is 1. The van der Waals surface area contributed by atoms with E-state index >= 15 is 0 Å². The van der Waals surface area contributed by atoms with Gasteiger partial charge in [-0.3, -0.25) is 4.79 Å². The Morgan fingerprint density at radius 3 is 2.56 bits per heavy atom. The maximum atomic E-state index is 12.0. The number of rotatable bonds is 2. The van der Waals surface area contributed by atoms with Gasteiger partial charge in [-0.25, -0.2) is 13.2 Å². The van der Waals surface area contributed by atoms with Crippen LogP contribution in [0.4, 0.5) is 0 Å². The zero-order valence-electron chi connectivity index (χ0n) is 8.45. The van der Waals surface area contributed by atoms with Gasteiger partial charge in [-0.15, -0.1) is 0 Å². The fraction of sp³-hybridized carbons (Fsp3) is 0.750. The van der Waals surface area contributed by atoms with E-state index in [1.807, 2.05) is 0 Å². The van der Waals surface area contributed by atoms with Crippen LogP contribution < -0.4 is 0 Å². The van der Waals surface area contributed by atoms with Crippen molar-refractivity contribution in [1.29, 1.82) is 0 Å². The van der Waals surface area contributed by atoms with Gasteiger partial charge in [0.25, 0.3) is 0 Å². The molecule has 0 aromatic heterocycles. The molecule has 0 aromatic carbocycles. The number of aliphatic hydroxyl groups excluding tert-OH is 1. The lowest BCUT2D eigenvalue weighted by molar-refractivity contribution is -0.157. The Balaban J connectivity index is 2.59. The Hall–Kier alpha value is -1.15. The quantitative estimate of drug-likeness (QED) is 0.557. The number of hydrogen-bond donors (Lipinski definition) is 2. The number of aliphatic hydroxyl groups is 1. The molecule has 1 amide bonds. The van der Waals surface area contributed by atoms with Gasteiger partial charge in [0.05, 0.1) is 13.0 Å². The molecule has 2 rings (SSSR count). The van der Waals surface area contributed by atoms with Gasteiger partial charge in [0.1, 0.15) is 10.1 Å². The Labute approximate surface area is 91.6 Å². The highest BCUT2D eigenvalue weighted by molar-refractivity contribution is 7.93. The van der Waals surface area contributed by atoms with E-state index in [1.54, 1.807) is 0 Å². The summed E-state index contributed by atoms with van der Waals surface area (Å²) in [6.07, 6.45) is -0.193. The summed E-state index contributed by atoms with van der Waals surface area (Å²) in [6, 6.07) is -1.49. The maximum Gasteiger partial charge on any atom is 0.328 e. The van der Waals surface area contributed by atoms with Crippen molar-refractivity contribution in [2.24, 2.45) is 0 Å². The number of carboxylic acid groups (broad SMARTS) is 1. The van der Waals surface area contributed by atoms with E-state index in [1.165, 1.54) is 0 Å². The second-order valence-electron chi connectivity index (χ2n) is 4.22. The van der Waals surface area contributed by atoms with Crippen LogP contribution in [0, 0.1) is 0 Å². The van der Waals surface area contributed by atoms with Gasteiger partial charge in [-0.05, 0) is 6.92 Å². The highest BCUT2D eigenvalue weighted by atomic mass is 32.2. The molecule has 0 saturated carbocycles. The first-order chi connectivity index (χ1) is 7.27. The average molecular weight is 249 g/mol. The number of β-lactam (4-membered cyclic amide) rings is 1. The number of hydrogen-bond acceptors (Lipinski definition) is 5. The number of amides is 1. The van der Waals surface area contributed by atoms with E-state index in [0.29, 0.717) is 0 Å². The molecule has 7 nitrogen and oxygen atoms in total. The lowest BCUT2D eigenvalue weighted by Gasteiger charge is -2.35. The predicted octanol–water partition coefficient (Wildman–Crippen LogP) is -1.82. The largest absolute Gasteiger partial charge is 0.480 e. The van der Waals surface area contributed by atoms with Crippen LogP contribution >= 0.6 is 0 Å². The molecule has 90 valence electrons. The zero-order valence-corrected chi connectivity index (χ0v) is 9.27. The molecule has 2 heterocycles. The summed E-state index contributed by atoms with van der Waals surface area (Å²) in [5.41, 5.74) is 0. The Morgan fingerprint density at radius 1 is 1.62 bits per heavy atom. The summed E-state index contributed by atoms with van der Waals surface area (Å²) in [7, 11) is -3.83. The molecule has 2 aliphatic rings. The molecule has 0 aliphatic carbocycles. The van der Waals surface area contributed by atoms with Crippen LogP contribution in [0.25, 0.3) is 0 Å². The first-order valence-electron chi connectivity index (χ1n) is 4.65. The van der Waals surface area contributed by atoms with E-state index in [4.69, 9.17) is 10.2 Å². The number of carbonyl (C=O) groups is 2. The SMILES string of the molecule is C[C@]1(CO)[C@H](C(=O)O)N2C(=O)C[C@H]2S1(=O)=O. The lowest BCUT2D eigenvalue weighted by atomic mass is 9.97. The molecule has 0 radical (unpaired) electrons. The van der Waals surface area contributed by atoms with Crippen LogP contribution in [-0.2, 0) is 19.4 Å². The molecule has 2 N–H and O–H groups in total. The highest BCUT2D eigenvalue weighted by Gasteiger charge is 2.69. The van der Waals surface area contributed by atoms with E-state index < -0.39 is 44.5 Å². The third-order valence-corrected chi connectivity index (χ3v) is 6.12. The van der Waals surface area contributed by atoms with Crippen molar-refractivity contribution in [1.82, 2.24) is 4.90 Å². The fourth-order valence-corrected chi connectivity index (χ4v) is 4.52. The predicted molar refractivity (Wildman–Crippen MR) is 51.1 cm³/mol. The molecule has 16 heavy (non-hydrogen) atoms. The van der Waals surface area contributed by atoms with Crippen molar-refractivity contribution >= 4 is 21.7 Å². The normalized spacial score (nSPS) is 40.4. The summed E-state index contributed by atoms with van der Waals surface area (Å²) >= 11 is 0. The van der Waals surface area contributed by atoms with Gasteiger partial charge >= 0.3 is 5.97 Å². The zero-order chi connectivity index (χ0) is 12.3. The summed E-state index contributed by atoms with van der Waals surface area (Å²) < 4.78 is 22.1. The van der Waals surface area contributed by atoms with Crippen molar-refractivity contribution in [3.63, 3.8) is 0 Å². The van der Waals surface area contributed by atoms with E-state index in [2.05, 4.69) is 0 Å². The van der Waals surface area contributed by atoms with Crippen LogP contribution in [0.5, 0.6) is 0 Å².